The summed E-state index contributed by atoms with van der Waals surface area (Å²) in [6, 6.07) is 0. The molecule has 6 heteroatoms. The zero-order valence-electron chi connectivity index (χ0n) is 9.75. The first kappa shape index (κ1) is 17.0. The smallest absolute Gasteiger partial charge is 0.332 e. The van der Waals surface area contributed by atoms with E-state index in [1.165, 1.54) is 17.9 Å². The quantitative estimate of drug-likeness (QED) is 0.567. The summed E-state index contributed by atoms with van der Waals surface area (Å²) in [7, 11) is 1.62. The Hall–Kier alpha value is -1.40. The molecule has 0 aromatic carbocycles. The Morgan fingerprint density at radius 3 is 1.94 bits per heavy atom. The first-order valence-corrected chi connectivity index (χ1v) is 4.68. The molecule has 3 N–H and O–H groups in total. The Bertz CT molecular complexity index is 237. The van der Waals surface area contributed by atoms with Crippen molar-refractivity contribution in [2.75, 3.05) is 13.6 Å². The number of amides is 1. The van der Waals surface area contributed by atoms with Gasteiger partial charge in [0, 0.05) is 13.6 Å². The van der Waals surface area contributed by atoms with E-state index in [9.17, 15) is 9.59 Å². The van der Waals surface area contributed by atoms with Crippen molar-refractivity contribution in [1.29, 1.82) is 0 Å². The molecule has 1 amide bonds. The highest BCUT2D eigenvalue weighted by molar-refractivity contribution is 5.86. The van der Waals surface area contributed by atoms with Crippen LogP contribution in [0.15, 0.2) is 12.7 Å². The Morgan fingerprint density at radius 2 is 1.75 bits per heavy atom. The monoisotopic (exact) mass is 233 g/mol. The number of carboxylic acid groups (broad SMARTS) is 1. The maximum absolute atomic E-state index is 10.7. The van der Waals surface area contributed by atoms with E-state index < -0.39 is 18.2 Å². The summed E-state index contributed by atoms with van der Waals surface area (Å²) in [5.74, 6) is -1.35. The van der Waals surface area contributed by atoms with Gasteiger partial charge in [0.25, 0.3) is 0 Å². The van der Waals surface area contributed by atoms with Crippen LogP contribution in [0, 0.1) is 0 Å². The van der Waals surface area contributed by atoms with Gasteiger partial charge in [0.2, 0.25) is 5.91 Å². The number of aliphatic hydroxyl groups is 2. The van der Waals surface area contributed by atoms with Gasteiger partial charge >= 0.3 is 5.97 Å². The summed E-state index contributed by atoms with van der Waals surface area (Å²) < 4.78 is 0. The van der Waals surface area contributed by atoms with Crippen molar-refractivity contribution in [3.63, 3.8) is 0 Å². The van der Waals surface area contributed by atoms with Crippen LogP contribution in [0.25, 0.3) is 0 Å². The molecule has 16 heavy (non-hydrogen) atoms. The second kappa shape index (κ2) is 8.87. The third kappa shape index (κ3) is 10.7. The Labute approximate surface area is 94.8 Å². The lowest BCUT2D eigenvalue weighted by molar-refractivity contribution is -0.145. The molecule has 0 rings (SSSR count). The molecule has 0 heterocycles. The lowest BCUT2D eigenvalue weighted by Crippen LogP contribution is -2.31. The van der Waals surface area contributed by atoms with E-state index in [2.05, 4.69) is 6.58 Å². The maximum atomic E-state index is 10.7. The molecule has 0 aliphatic rings. The van der Waals surface area contributed by atoms with Crippen molar-refractivity contribution < 1.29 is 24.9 Å². The number of likely N-dealkylation sites (N-methyl/N-ethyl adjacent to an activating group) is 1. The molecule has 2 atom stereocenters. The van der Waals surface area contributed by atoms with Crippen LogP contribution in [0.5, 0.6) is 0 Å². The predicted octanol–water partition coefficient (Wildman–Crippen LogP) is -0.537. The van der Waals surface area contributed by atoms with E-state index in [4.69, 9.17) is 15.3 Å². The van der Waals surface area contributed by atoms with Gasteiger partial charge in [0.15, 0.2) is 0 Å². The number of carboxylic acids is 1. The molecule has 0 aliphatic heterocycles. The van der Waals surface area contributed by atoms with E-state index in [0.717, 1.165) is 0 Å². The number of hydrogen-bond acceptors (Lipinski definition) is 4. The van der Waals surface area contributed by atoms with Gasteiger partial charge < -0.3 is 20.2 Å². The molecular weight excluding hydrogens is 214 g/mol. The lowest BCUT2D eigenvalue weighted by Gasteiger charge is -2.16. The van der Waals surface area contributed by atoms with Crippen LogP contribution in [0.4, 0.5) is 0 Å². The van der Waals surface area contributed by atoms with E-state index in [1.807, 2.05) is 0 Å². The van der Waals surface area contributed by atoms with Gasteiger partial charge in [0.1, 0.15) is 6.10 Å². The molecule has 0 bridgehead atoms. The fraction of sp³-hybridized carbons (Fsp3) is 0.600. The summed E-state index contributed by atoms with van der Waals surface area (Å²) in [6.45, 7) is 6.50. The molecule has 0 fully saturated rings. The average molecular weight is 233 g/mol. The molecule has 94 valence electrons. The summed E-state index contributed by atoms with van der Waals surface area (Å²) in [6.07, 6.45) is -0.485. The standard InChI is InChI=1S/C7H13NO2.C3H6O3/c1-4-7(10)8(3)5-6(2)9;1-2(4)3(5)6/h4,6,9H,1,5H2,2-3H3;2,4H,1H3,(H,5,6). The number of carbonyl (C=O) groups excluding carboxylic acids is 1. The number of carbonyl (C=O) groups is 2. The Kier molecular flexibility index (Phi) is 9.43. The van der Waals surface area contributed by atoms with E-state index in [-0.39, 0.29) is 5.91 Å². The molecule has 6 nitrogen and oxygen atoms in total. The van der Waals surface area contributed by atoms with Crippen LogP contribution in [0.2, 0.25) is 0 Å². The number of hydrogen-bond donors (Lipinski definition) is 3. The van der Waals surface area contributed by atoms with Crippen LogP contribution in [-0.2, 0) is 9.59 Å². The van der Waals surface area contributed by atoms with E-state index >= 15 is 0 Å². The van der Waals surface area contributed by atoms with Crippen molar-refractivity contribution in [3.05, 3.63) is 12.7 Å². The van der Waals surface area contributed by atoms with Crippen LogP contribution >= 0.6 is 0 Å². The van der Waals surface area contributed by atoms with Crippen molar-refractivity contribution in [2.45, 2.75) is 26.1 Å². The number of aliphatic hydroxyl groups excluding tert-OH is 2. The normalized spacial score (nSPS) is 12.8. The zero-order valence-corrected chi connectivity index (χ0v) is 9.75. The minimum Gasteiger partial charge on any atom is -0.479 e. The van der Waals surface area contributed by atoms with Gasteiger partial charge in [-0.15, -0.1) is 0 Å². The van der Waals surface area contributed by atoms with Crippen molar-refractivity contribution in [3.8, 4) is 0 Å². The highest BCUT2D eigenvalue weighted by atomic mass is 16.4. The average Bonchev–Trinajstić information content (AvgIpc) is 2.16. The SMILES string of the molecule is C=CC(=O)N(C)CC(C)O.CC(O)C(=O)O. The summed E-state index contributed by atoms with van der Waals surface area (Å²) in [4.78, 5) is 21.6. The molecule has 0 saturated carbocycles. The highest BCUT2D eigenvalue weighted by Crippen LogP contribution is 1.88. The third-order valence-corrected chi connectivity index (χ3v) is 1.45. The van der Waals surface area contributed by atoms with Crippen LogP contribution in [-0.4, -0.2) is 57.9 Å². The first-order valence-electron chi connectivity index (χ1n) is 4.68. The van der Waals surface area contributed by atoms with Gasteiger partial charge in [-0.05, 0) is 19.9 Å². The molecule has 0 radical (unpaired) electrons. The van der Waals surface area contributed by atoms with Crippen molar-refractivity contribution in [2.24, 2.45) is 0 Å². The molecule has 0 aromatic rings. The lowest BCUT2D eigenvalue weighted by atomic mass is 10.3. The minimum absolute atomic E-state index is 0.166. The third-order valence-electron chi connectivity index (χ3n) is 1.45. The summed E-state index contributed by atoms with van der Waals surface area (Å²) in [5.41, 5.74) is 0. The van der Waals surface area contributed by atoms with Crippen LogP contribution < -0.4 is 0 Å². The molecule has 0 saturated heterocycles. The van der Waals surface area contributed by atoms with E-state index in [1.54, 1.807) is 14.0 Å². The molecule has 0 aromatic heterocycles. The first-order chi connectivity index (χ1) is 7.22. The summed E-state index contributed by atoms with van der Waals surface area (Å²) in [5, 5.41) is 24.6. The fourth-order valence-corrected chi connectivity index (χ4v) is 0.642. The van der Waals surface area contributed by atoms with Crippen LogP contribution in [0.3, 0.4) is 0 Å². The number of nitrogens with zero attached hydrogens (tertiary/aromatic N) is 1. The van der Waals surface area contributed by atoms with Gasteiger partial charge in [-0.3, -0.25) is 4.79 Å². The Morgan fingerprint density at radius 1 is 1.38 bits per heavy atom. The summed E-state index contributed by atoms with van der Waals surface area (Å²) >= 11 is 0. The van der Waals surface area contributed by atoms with Gasteiger partial charge in [0.05, 0.1) is 6.10 Å². The predicted molar refractivity (Wildman–Crippen MR) is 58.8 cm³/mol. The van der Waals surface area contributed by atoms with Gasteiger partial charge in [-0.1, -0.05) is 6.58 Å². The van der Waals surface area contributed by atoms with Gasteiger partial charge in [-0.2, -0.15) is 0 Å². The Balaban J connectivity index is 0. The van der Waals surface area contributed by atoms with Crippen LogP contribution in [0.1, 0.15) is 13.8 Å². The fourth-order valence-electron chi connectivity index (χ4n) is 0.642. The van der Waals surface area contributed by atoms with Crippen molar-refractivity contribution >= 4 is 11.9 Å². The molecule has 0 spiro atoms. The number of rotatable bonds is 4. The minimum atomic E-state index is -1.23. The highest BCUT2D eigenvalue weighted by Gasteiger charge is 2.05. The van der Waals surface area contributed by atoms with E-state index in [0.29, 0.717) is 6.54 Å². The molecular formula is C10H19NO5. The largest absolute Gasteiger partial charge is 0.479 e. The maximum Gasteiger partial charge on any atom is 0.332 e. The molecule has 0 aliphatic carbocycles. The number of aliphatic carboxylic acids is 1. The van der Waals surface area contributed by atoms with Gasteiger partial charge in [-0.25, -0.2) is 4.79 Å². The molecule has 2 unspecified atom stereocenters. The second-order valence-corrected chi connectivity index (χ2v) is 3.29. The topological polar surface area (TPSA) is 98.1 Å². The zero-order chi connectivity index (χ0) is 13.3. The van der Waals surface area contributed by atoms with Crippen molar-refractivity contribution in [1.82, 2.24) is 4.90 Å². The second-order valence-electron chi connectivity index (χ2n) is 3.29.